The number of carboxylic acid groups (broad SMARTS) is 1. The van der Waals surface area contributed by atoms with Crippen LogP contribution in [-0.4, -0.2) is 21.6 Å². The fourth-order valence-corrected chi connectivity index (χ4v) is 3.91. The molecule has 0 aliphatic carbocycles. The van der Waals surface area contributed by atoms with Crippen LogP contribution >= 0.6 is 22.9 Å². The van der Waals surface area contributed by atoms with E-state index in [-0.39, 0.29) is 25.6 Å². The standard InChI is InChI=1S/C18H11ClF4N2O3S/c1-8(16(27)28)25-13-6-11(18(21,22)23)12(20)7-14(13)29-17(25)24-15(26)9-3-2-4-10(19)5-9/h2-8H,1H3,(H,27,28). The molecule has 1 amide bonds. The number of nitrogens with zero attached hydrogens (tertiary/aromatic N) is 2. The van der Waals surface area contributed by atoms with E-state index >= 15 is 0 Å². The van der Waals surface area contributed by atoms with Crippen LogP contribution in [0.15, 0.2) is 41.4 Å². The Balaban J connectivity index is 2.30. The molecule has 0 aliphatic rings. The number of carboxylic acids is 1. The Morgan fingerprint density at radius 1 is 1.24 bits per heavy atom. The first kappa shape index (κ1) is 21.0. The van der Waals surface area contributed by atoms with Gasteiger partial charge in [-0.2, -0.15) is 18.2 Å². The SMILES string of the molecule is CC(C(=O)O)n1c(=NC(=O)c2cccc(Cl)c2)sc2cc(F)c(C(F)(F)F)cc21. The minimum absolute atomic E-state index is 0.0150. The molecule has 1 aromatic heterocycles. The number of hydrogen-bond acceptors (Lipinski definition) is 3. The number of fused-ring (bicyclic) bond motifs is 1. The van der Waals surface area contributed by atoms with Gasteiger partial charge in [0.15, 0.2) is 4.80 Å². The molecule has 1 unspecified atom stereocenters. The van der Waals surface area contributed by atoms with Crippen molar-refractivity contribution >= 4 is 45.0 Å². The molecule has 3 aromatic rings. The Morgan fingerprint density at radius 2 is 1.93 bits per heavy atom. The van der Waals surface area contributed by atoms with Crippen LogP contribution in [0.2, 0.25) is 5.02 Å². The molecule has 0 saturated heterocycles. The third kappa shape index (κ3) is 4.18. The summed E-state index contributed by atoms with van der Waals surface area (Å²) in [5.74, 6) is -3.64. The van der Waals surface area contributed by atoms with Gasteiger partial charge in [-0.25, -0.2) is 9.18 Å². The molecule has 0 fully saturated rings. The summed E-state index contributed by atoms with van der Waals surface area (Å²) in [4.78, 5) is 27.6. The largest absolute Gasteiger partial charge is 0.480 e. The van der Waals surface area contributed by atoms with E-state index < -0.39 is 35.5 Å². The van der Waals surface area contributed by atoms with Crippen LogP contribution in [0.3, 0.4) is 0 Å². The molecular formula is C18H11ClF4N2O3S. The van der Waals surface area contributed by atoms with Crippen molar-refractivity contribution in [1.29, 1.82) is 0 Å². The molecule has 0 bridgehead atoms. The summed E-state index contributed by atoms with van der Waals surface area (Å²) < 4.78 is 54.2. The van der Waals surface area contributed by atoms with Crippen LogP contribution in [0.4, 0.5) is 17.6 Å². The Hall–Kier alpha value is -2.72. The summed E-state index contributed by atoms with van der Waals surface area (Å²) in [5.41, 5.74) is -1.63. The van der Waals surface area contributed by atoms with Gasteiger partial charge in [-0.15, -0.1) is 0 Å². The van der Waals surface area contributed by atoms with Crippen molar-refractivity contribution in [3.8, 4) is 0 Å². The number of aliphatic carboxylic acids is 1. The van der Waals surface area contributed by atoms with Crippen LogP contribution in [-0.2, 0) is 11.0 Å². The van der Waals surface area contributed by atoms with Crippen LogP contribution in [0.1, 0.15) is 28.9 Å². The lowest BCUT2D eigenvalue weighted by atomic mass is 10.2. The number of benzene rings is 2. The molecule has 1 N–H and O–H groups in total. The van der Waals surface area contributed by atoms with Gasteiger partial charge in [0, 0.05) is 10.6 Å². The van der Waals surface area contributed by atoms with Crippen molar-refractivity contribution in [2.45, 2.75) is 19.1 Å². The second kappa shape index (κ2) is 7.60. The molecular weight excluding hydrogens is 436 g/mol. The predicted molar refractivity (Wildman–Crippen MR) is 98.5 cm³/mol. The summed E-state index contributed by atoms with van der Waals surface area (Å²) in [6.07, 6.45) is -4.97. The minimum atomic E-state index is -4.97. The average Bonchev–Trinajstić information content (AvgIpc) is 2.95. The van der Waals surface area contributed by atoms with Gasteiger partial charge in [0.25, 0.3) is 5.91 Å². The van der Waals surface area contributed by atoms with E-state index in [4.69, 9.17) is 11.6 Å². The van der Waals surface area contributed by atoms with Crippen molar-refractivity contribution in [2.24, 2.45) is 4.99 Å². The van der Waals surface area contributed by atoms with Crippen LogP contribution < -0.4 is 4.80 Å². The Morgan fingerprint density at radius 3 is 2.52 bits per heavy atom. The summed E-state index contributed by atoms with van der Waals surface area (Å²) in [5, 5.41) is 9.62. The quantitative estimate of drug-likeness (QED) is 0.582. The first-order valence-electron chi connectivity index (χ1n) is 7.98. The maximum absolute atomic E-state index is 13.9. The number of hydrogen-bond donors (Lipinski definition) is 1. The van der Waals surface area contributed by atoms with E-state index in [1.807, 2.05) is 0 Å². The maximum Gasteiger partial charge on any atom is 0.419 e. The van der Waals surface area contributed by atoms with Gasteiger partial charge < -0.3 is 9.67 Å². The summed E-state index contributed by atoms with van der Waals surface area (Å²) >= 11 is 6.54. The molecule has 0 aliphatic heterocycles. The van der Waals surface area contributed by atoms with Gasteiger partial charge in [0.05, 0.1) is 15.8 Å². The third-order valence-electron chi connectivity index (χ3n) is 4.03. The van der Waals surface area contributed by atoms with E-state index in [9.17, 15) is 32.3 Å². The predicted octanol–water partition coefficient (Wildman–Crippen LogP) is 4.90. The van der Waals surface area contributed by atoms with E-state index in [0.29, 0.717) is 23.5 Å². The van der Waals surface area contributed by atoms with Crippen molar-refractivity contribution in [2.75, 3.05) is 0 Å². The molecule has 5 nitrogen and oxygen atoms in total. The topological polar surface area (TPSA) is 71.7 Å². The van der Waals surface area contributed by atoms with Gasteiger partial charge in [-0.05, 0) is 37.3 Å². The number of amides is 1. The maximum atomic E-state index is 13.9. The van der Waals surface area contributed by atoms with E-state index in [1.54, 1.807) is 0 Å². The summed E-state index contributed by atoms with van der Waals surface area (Å²) in [6.45, 7) is 1.22. The lowest BCUT2D eigenvalue weighted by Gasteiger charge is -2.12. The molecule has 152 valence electrons. The number of alkyl halides is 3. The van der Waals surface area contributed by atoms with Crippen LogP contribution in [0.5, 0.6) is 0 Å². The molecule has 0 radical (unpaired) electrons. The monoisotopic (exact) mass is 446 g/mol. The number of carbonyl (C=O) groups excluding carboxylic acids is 1. The van der Waals surface area contributed by atoms with Crippen molar-refractivity contribution in [3.05, 3.63) is 63.2 Å². The number of rotatable bonds is 3. The Labute approximate surface area is 169 Å². The van der Waals surface area contributed by atoms with E-state index in [2.05, 4.69) is 4.99 Å². The number of thiazole rings is 1. The Bertz CT molecular complexity index is 1200. The van der Waals surface area contributed by atoms with Crippen molar-refractivity contribution in [3.63, 3.8) is 0 Å². The average molecular weight is 447 g/mol. The zero-order chi connectivity index (χ0) is 21.5. The first-order valence-corrected chi connectivity index (χ1v) is 9.17. The second-order valence-corrected chi connectivity index (χ2v) is 7.44. The zero-order valence-electron chi connectivity index (χ0n) is 14.5. The van der Waals surface area contributed by atoms with Crippen LogP contribution in [0.25, 0.3) is 10.2 Å². The molecule has 1 heterocycles. The molecule has 3 rings (SSSR count). The van der Waals surface area contributed by atoms with Gasteiger partial charge in [0.2, 0.25) is 0 Å². The summed E-state index contributed by atoms with van der Waals surface area (Å²) in [7, 11) is 0. The highest BCUT2D eigenvalue weighted by atomic mass is 35.5. The smallest absolute Gasteiger partial charge is 0.419 e. The van der Waals surface area contributed by atoms with Crippen molar-refractivity contribution < 1.29 is 32.3 Å². The second-order valence-electron chi connectivity index (χ2n) is 5.99. The molecule has 11 heteroatoms. The lowest BCUT2D eigenvalue weighted by Crippen LogP contribution is -2.26. The van der Waals surface area contributed by atoms with Crippen LogP contribution in [0, 0.1) is 5.82 Å². The number of halogens is 5. The highest BCUT2D eigenvalue weighted by molar-refractivity contribution is 7.16. The van der Waals surface area contributed by atoms with Gasteiger partial charge in [-0.3, -0.25) is 4.79 Å². The minimum Gasteiger partial charge on any atom is -0.480 e. The molecule has 0 spiro atoms. The van der Waals surface area contributed by atoms with Crippen molar-refractivity contribution in [1.82, 2.24) is 4.57 Å². The third-order valence-corrected chi connectivity index (χ3v) is 5.29. The normalized spacial score (nSPS) is 13.7. The highest BCUT2D eigenvalue weighted by Crippen LogP contribution is 2.35. The fraction of sp³-hybridized carbons (Fsp3) is 0.167. The van der Waals surface area contributed by atoms with Gasteiger partial charge >= 0.3 is 12.1 Å². The first-order chi connectivity index (χ1) is 13.5. The van der Waals surface area contributed by atoms with Gasteiger partial charge in [0.1, 0.15) is 11.9 Å². The number of carbonyl (C=O) groups is 2. The molecule has 29 heavy (non-hydrogen) atoms. The Kier molecular flexibility index (Phi) is 5.50. The van der Waals surface area contributed by atoms with E-state index in [1.165, 1.54) is 31.2 Å². The molecule has 1 atom stereocenters. The lowest BCUT2D eigenvalue weighted by molar-refractivity contribution is -0.140. The summed E-state index contributed by atoms with van der Waals surface area (Å²) in [6, 6.07) is 5.62. The van der Waals surface area contributed by atoms with E-state index in [0.717, 1.165) is 4.57 Å². The molecule has 0 saturated carbocycles. The van der Waals surface area contributed by atoms with Gasteiger partial charge in [-0.1, -0.05) is 29.0 Å². The molecule has 2 aromatic carbocycles. The fourth-order valence-electron chi connectivity index (χ4n) is 2.62. The zero-order valence-corrected chi connectivity index (χ0v) is 16.1. The highest BCUT2D eigenvalue weighted by Gasteiger charge is 2.35. The number of aromatic nitrogens is 1.